The number of likely N-dealkylation sites (N-methyl/N-ethyl adjacent to an activating group) is 1. The monoisotopic (exact) mass is 411 g/mol. The number of thiophene rings is 1. The van der Waals surface area contributed by atoms with Gasteiger partial charge in [-0.15, -0.1) is 11.3 Å². The molecule has 0 spiro atoms. The first-order chi connectivity index (χ1) is 8.95. The molecule has 1 N–H and O–H groups in total. The number of hydrogen-bond donors (Lipinski definition) is 1. The zero-order valence-electron chi connectivity index (χ0n) is 9.93. The van der Waals surface area contributed by atoms with Gasteiger partial charge in [0.1, 0.15) is 12.6 Å². The molecule has 2 rings (SSSR count). The van der Waals surface area contributed by atoms with Crippen LogP contribution in [0.15, 0.2) is 14.3 Å². The number of morpholine rings is 1. The Morgan fingerprint density at radius 3 is 2.79 bits per heavy atom. The number of rotatable bonds is 3. The number of carboxylic acids is 1. The van der Waals surface area contributed by atoms with Gasteiger partial charge in [0.05, 0.1) is 3.79 Å². The van der Waals surface area contributed by atoms with Crippen LogP contribution in [0.5, 0.6) is 0 Å². The maximum atomic E-state index is 11.9. The van der Waals surface area contributed by atoms with Gasteiger partial charge in [-0.05, 0) is 44.8 Å². The summed E-state index contributed by atoms with van der Waals surface area (Å²) < 4.78 is 6.89. The summed E-state index contributed by atoms with van der Waals surface area (Å²) in [5, 5.41) is 9.26. The van der Waals surface area contributed by atoms with Crippen LogP contribution < -0.4 is 0 Å². The van der Waals surface area contributed by atoms with Crippen molar-refractivity contribution in [2.24, 2.45) is 0 Å². The Hall–Kier alpha value is -0.440. The predicted molar refractivity (Wildman–Crippen MR) is 77.2 cm³/mol. The van der Waals surface area contributed by atoms with Crippen LogP contribution in [0, 0.1) is 0 Å². The van der Waals surface area contributed by atoms with Gasteiger partial charge in [0.15, 0.2) is 6.10 Å². The van der Waals surface area contributed by atoms with Crippen LogP contribution in [-0.2, 0) is 14.3 Å². The number of halogens is 2. The summed E-state index contributed by atoms with van der Waals surface area (Å²) in [5.74, 6) is -1.25. The smallest absolute Gasteiger partial charge is 0.335 e. The van der Waals surface area contributed by atoms with Gasteiger partial charge in [-0.1, -0.05) is 0 Å². The number of hydrogen-bond acceptors (Lipinski definition) is 4. The maximum absolute atomic E-state index is 11.9. The third-order valence-electron chi connectivity index (χ3n) is 2.87. The second-order valence-electron chi connectivity index (χ2n) is 3.96. The Bertz CT molecular complexity index is 497. The maximum Gasteiger partial charge on any atom is 0.335 e. The third kappa shape index (κ3) is 2.86. The highest BCUT2D eigenvalue weighted by molar-refractivity contribution is 9.13. The quantitative estimate of drug-likeness (QED) is 0.828. The zero-order chi connectivity index (χ0) is 14.2. The summed E-state index contributed by atoms with van der Waals surface area (Å²) in [6.45, 7) is 2.09. The van der Waals surface area contributed by atoms with Gasteiger partial charge in [-0.2, -0.15) is 0 Å². The van der Waals surface area contributed by atoms with Gasteiger partial charge >= 0.3 is 5.97 Å². The number of aliphatic carboxylic acids is 1. The molecular weight excluding hydrogens is 402 g/mol. The van der Waals surface area contributed by atoms with Crippen molar-refractivity contribution in [1.29, 1.82) is 0 Å². The summed E-state index contributed by atoms with van der Waals surface area (Å²) >= 11 is 8.14. The van der Waals surface area contributed by atoms with E-state index in [0.29, 0.717) is 6.54 Å². The van der Waals surface area contributed by atoms with E-state index in [1.54, 1.807) is 4.90 Å². The van der Waals surface area contributed by atoms with Crippen LogP contribution in [0.25, 0.3) is 0 Å². The number of carbonyl (C=O) groups excluding carboxylic acids is 1. The molecule has 0 aliphatic carbocycles. The summed E-state index contributed by atoms with van der Waals surface area (Å²) in [6.07, 6.45) is -1.03. The van der Waals surface area contributed by atoms with E-state index >= 15 is 0 Å². The Morgan fingerprint density at radius 1 is 1.63 bits per heavy atom. The highest BCUT2D eigenvalue weighted by atomic mass is 79.9. The molecule has 2 unspecified atom stereocenters. The molecule has 2 heterocycles. The lowest BCUT2D eigenvalue weighted by Crippen LogP contribution is -2.51. The number of amides is 1. The molecule has 1 aromatic rings. The van der Waals surface area contributed by atoms with Crippen molar-refractivity contribution in [2.45, 2.75) is 19.1 Å². The molecule has 8 heteroatoms. The zero-order valence-corrected chi connectivity index (χ0v) is 13.9. The minimum absolute atomic E-state index is 0.185. The predicted octanol–water partition coefficient (Wildman–Crippen LogP) is 2.65. The van der Waals surface area contributed by atoms with Gasteiger partial charge in [-0.25, -0.2) is 4.79 Å². The lowest BCUT2D eigenvalue weighted by Gasteiger charge is -2.38. The lowest BCUT2D eigenvalue weighted by molar-refractivity contribution is -0.172. The highest BCUT2D eigenvalue weighted by Gasteiger charge is 2.42. The number of nitrogens with zero attached hydrogens (tertiary/aromatic N) is 1. The lowest BCUT2D eigenvalue weighted by atomic mass is 10.1. The van der Waals surface area contributed by atoms with Gasteiger partial charge in [0, 0.05) is 15.9 Å². The average Bonchev–Trinajstić information content (AvgIpc) is 2.68. The van der Waals surface area contributed by atoms with Gasteiger partial charge in [-0.3, -0.25) is 4.79 Å². The fourth-order valence-corrected chi connectivity index (χ4v) is 4.27. The summed E-state index contributed by atoms with van der Waals surface area (Å²) in [5.41, 5.74) is 0. The first-order valence-electron chi connectivity index (χ1n) is 5.54. The molecule has 1 amide bonds. The normalized spacial score (nSPS) is 23.7. The second-order valence-corrected chi connectivity index (χ2v) is 7.22. The van der Waals surface area contributed by atoms with Crippen molar-refractivity contribution in [2.75, 3.05) is 13.2 Å². The van der Waals surface area contributed by atoms with Crippen LogP contribution >= 0.6 is 43.2 Å². The van der Waals surface area contributed by atoms with E-state index in [2.05, 4.69) is 31.9 Å². The Labute approximate surface area is 130 Å². The molecule has 2 atom stereocenters. The minimum Gasteiger partial charge on any atom is -0.479 e. The Kier molecular flexibility index (Phi) is 4.65. The third-order valence-corrected chi connectivity index (χ3v) is 6.20. The number of carboxylic acid groups (broad SMARTS) is 1. The molecule has 0 aromatic carbocycles. The van der Waals surface area contributed by atoms with E-state index in [1.165, 1.54) is 11.3 Å². The molecule has 1 aromatic heterocycles. The van der Waals surface area contributed by atoms with E-state index < -0.39 is 18.1 Å². The standard InChI is InChI=1S/C11H11Br2NO4S/c1-2-14-7(15)4-18-9(11(16)17)8(14)6-3-5(12)10(13)19-6/h3,8-9H,2,4H2,1H3,(H,16,17). The molecule has 104 valence electrons. The topological polar surface area (TPSA) is 66.8 Å². The molecular formula is C11H11Br2NO4S. The van der Waals surface area contributed by atoms with Gasteiger partial charge < -0.3 is 14.7 Å². The molecule has 5 nitrogen and oxygen atoms in total. The first-order valence-corrected chi connectivity index (χ1v) is 7.94. The summed E-state index contributed by atoms with van der Waals surface area (Å²) in [4.78, 5) is 25.5. The first kappa shape index (κ1) is 15.0. The van der Waals surface area contributed by atoms with Crippen LogP contribution in [0.2, 0.25) is 0 Å². The van der Waals surface area contributed by atoms with Gasteiger partial charge in [0.25, 0.3) is 0 Å². The van der Waals surface area contributed by atoms with Crippen LogP contribution in [0.3, 0.4) is 0 Å². The van der Waals surface area contributed by atoms with Crippen molar-refractivity contribution < 1.29 is 19.4 Å². The molecule has 0 radical (unpaired) electrons. The summed E-state index contributed by atoms with van der Waals surface area (Å²) in [6, 6.07) is 1.23. The largest absolute Gasteiger partial charge is 0.479 e. The summed E-state index contributed by atoms with van der Waals surface area (Å²) in [7, 11) is 0. The van der Waals surface area contributed by atoms with Crippen LogP contribution in [-0.4, -0.2) is 41.1 Å². The molecule has 0 saturated carbocycles. The molecule has 1 aliphatic heterocycles. The SMILES string of the molecule is CCN1C(=O)COC(C(=O)O)C1c1cc(Br)c(Br)s1. The van der Waals surface area contributed by atoms with E-state index in [1.807, 2.05) is 13.0 Å². The Morgan fingerprint density at radius 2 is 2.32 bits per heavy atom. The molecule has 1 saturated heterocycles. The minimum atomic E-state index is -1.06. The van der Waals surface area contributed by atoms with E-state index in [-0.39, 0.29) is 12.5 Å². The molecule has 1 fully saturated rings. The van der Waals surface area contributed by atoms with E-state index in [0.717, 1.165) is 13.1 Å². The van der Waals surface area contributed by atoms with Crippen molar-refractivity contribution in [3.63, 3.8) is 0 Å². The van der Waals surface area contributed by atoms with Crippen molar-refractivity contribution in [3.05, 3.63) is 19.2 Å². The molecule has 19 heavy (non-hydrogen) atoms. The van der Waals surface area contributed by atoms with E-state index in [4.69, 9.17) is 4.74 Å². The van der Waals surface area contributed by atoms with Crippen molar-refractivity contribution in [1.82, 2.24) is 4.90 Å². The number of carbonyl (C=O) groups is 2. The highest BCUT2D eigenvalue weighted by Crippen LogP contribution is 2.40. The van der Waals surface area contributed by atoms with Crippen LogP contribution in [0.1, 0.15) is 17.8 Å². The van der Waals surface area contributed by atoms with Gasteiger partial charge in [0.2, 0.25) is 5.91 Å². The fourth-order valence-electron chi connectivity index (χ4n) is 2.04. The van der Waals surface area contributed by atoms with Crippen molar-refractivity contribution >= 4 is 55.1 Å². The average molecular weight is 413 g/mol. The van der Waals surface area contributed by atoms with Crippen molar-refractivity contribution in [3.8, 4) is 0 Å². The Balaban J connectivity index is 2.43. The fraction of sp³-hybridized carbons (Fsp3) is 0.455. The molecule has 0 bridgehead atoms. The second kappa shape index (κ2) is 5.90. The number of ether oxygens (including phenoxy) is 1. The van der Waals surface area contributed by atoms with E-state index in [9.17, 15) is 14.7 Å². The molecule has 1 aliphatic rings. The van der Waals surface area contributed by atoms with Crippen LogP contribution in [0.4, 0.5) is 0 Å².